The summed E-state index contributed by atoms with van der Waals surface area (Å²) in [4.78, 5) is 12.4. The highest BCUT2D eigenvalue weighted by atomic mass is 16.6. The van der Waals surface area contributed by atoms with Crippen molar-refractivity contribution >= 4 is 5.69 Å². The van der Waals surface area contributed by atoms with Gasteiger partial charge < -0.3 is 10.2 Å². The molecule has 5 heteroatoms. The van der Waals surface area contributed by atoms with E-state index in [0.717, 1.165) is 31.6 Å². The molecular formula is C14H23N3O2. The number of nitrogens with one attached hydrogen (secondary N) is 1. The zero-order valence-electron chi connectivity index (χ0n) is 11.9. The van der Waals surface area contributed by atoms with Crippen LogP contribution in [0.3, 0.4) is 0 Å². The minimum atomic E-state index is -0.371. The maximum absolute atomic E-state index is 10.5. The average molecular weight is 265 g/mol. The number of hydrogen-bond acceptors (Lipinski definition) is 4. The maximum Gasteiger partial charge on any atom is 0.269 e. The zero-order valence-corrected chi connectivity index (χ0v) is 11.9. The van der Waals surface area contributed by atoms with Crippen LogP contribution in [0.4, 0.5) is 5.69 Å². The first-order valence-electron chi connectivity index (χ1n) is 6.65. The SMILES string of the molecule is CC(C)N(C)CCNCCc1ccc([N+](=O)[O-])cc1. The van der Waals surface area contributed by atoms with Crippen LogP contribution < -0.4 is 5.32 Å². The number of hydrogen-bond donors (Lipinski definition) is 1. The van der Waals surface area contributed by atoms with Gasteiger partial charge >= 0.3 is 0 Å². The highest BCUT2D eigenvalue weighted by Gasteiger charge is 2.04. The van der Waals surface area contributed by atoms with Crippen LogP contribution in [0.15, 0.2) is 24.3 Å². The molecule has 0 aliphatic heterocycles. The Hall–Kier alpha value is -1.46. The second-order valence-electron chi connectivity index (χ2n) is 5.00. The molecule has 106 valence electrons. The molecule has 5 nitrogen and oxygen atoms in total. The molecule has 1 aromatic carbocycles. The van der Waals surface area contributed by atoms with Gasteiger partial charge in [0, 0.05) is 31.3 Å². The van der Waals surface area contributed by atoms with Gasteiger partial charge in [-0.2, -0.15) is 0 Å². The van der Waals surface area contributed by atoms with E-state index >= 15 is 0 Å². The summed E-state index contributed by atoms with van der Waals surface area (Å²) < 4.78 is 0. The summed E-state index contributed by atoms with van der Waals surface area (Å²) in [7, 11) is 2.11. The van der Waals surface area contributed by atoms with Crippen LogP contribution in [0, 0.1) is 10.1 Å². The maximum atomic E-state index is 10.5. The van der Waals surface area contributed by atoms with Gasteiger partial charge in [-0.25, -0.2) is 0 Å². The number of nitro benzene ring substituents is 1. The number of rotatable bonds is 8. The molecule has 0 aliphatic carbocycles. The molecule has 0 spiro atoms. The van der Waals surface area contributed by atoms with Crippen molar-refractivity contribution in [2.75, 3.05) is 26.7 Å². The lowest BCUT2D eigenvalue weighted by Crippen LogP contribution is -2.34. The molecule has 0 unspecified atom stereocenters. The summed E-state index contributed by atoms with van der Waals surface area (Å²) in [5.41, 5.74) is 1.27. The van der Waals surface area contributed by atoms with Crippen molar-refractivity contribution in [2.45, 2.75) is 26.3 Å². The molecule has 0 heterocycles. The van der Waals surface area contributed by atoms with Crippen LogP contribution in [0.25, 0.3) is 0 Å². The van der Waals surface area contributed by atoms with Crippen molar-refractivity contribution in [1.29, 1.82) is 0 Å². The molecule has 0 aliphatic rings. The van der Waals surface area contributed by atoms with Crippen molar-refractivity contribution in [3.8, 4) is 0 Å². The standard InChI is InChI=1S/C14H23N3O2/c1-12(2)16(3)11-10-15-9-8-13-4-6-14(7-5-13)17(18)19/h4-7,12,15H,8-11H2,1-3H3. The first-order valence-corrected chi connectivity index (χ1v) is 6.65. The van der Waals surface area contributed by atoms with Crippen molar-refractivity contribution in [2.24, 2.45) is 0 Å². The second-order valence-corrected chi connectivity index (χ2v) is 5.00. The molecule has 19 heavy (non-hydrogen) atoms. The predicted molar refractivity (Wildman–Crippen MR) is 77.4 cm³/mol. The van der Waals surface area contributed by atoms with Gasteiger partial charge in [0.05, 0.1) is 4.92 Å². The van der Waals surface area contributed by atoms with Gasteiger partial charge in [0.15, 0.2) is 0 Å². The Labute approximate surface area is 114 Å². The normalized spacial score (nSPS) is 11.2. The van der Waals surface area contributed by atoms with Crippen molar-refractivity contribution in [3.05, 3.63) is 39.9 Å². The number of benzene rings is 1. The Bertz CT molecular complexity index is 390. The van der Waals surface area contributed by atoms with Crippen molar-refractivity contribution in [1.82, 2.24) is 10.2 Å². The van der Waals surface area contributed by atoms with E-state index in [1.807, 2.05) is 12.1 Å². The quantitative estimate of drug-likeness (QED) is 0.444. The molecule has 0 atom stereocenters. The second kappa shape index (κ2) is 7.86. The van der Waals surface area contributed by atoms with Gasteiger partial charge in [0.2, 0.25) is 0 Å². The molecule has 0 fully saturated rings. The highest BCUT2D eigenvalue weighted by molar-refractivity contribution is 5.32. The Morgan fingerprint density at radius 2 is 1.89 bits per heavy atom. The van der Waals surface area contributed by atoms with Gasteiger partial charge in [-0.1, -0.05) is 12.1 Å². The first-order chi connectivity index (χ1) is 9.00. The van der Waals surface area contributed by atoms with Gasteiger partial charge in [0.1, 0.15) is 0 Å². The van der Waals surface area contributed by atoms with Crippen molar-refractivity contribution in [3.63, 3.8) is 0 Å². The Morgan fingerprint density at radius 3 is 2.42 bits per heavy atom. The fraction of sp³-hybridized carbons (Fsp3) is 0.571. The lowest BCUT2D eigenvalue weighted by molar-refractivity contribution is -0.384. The van der Waals surface area contributed by atoms with Gasteiger partial charge in [-0.15, -0.1) is 0 Å². The Kier molecular flexibility index (Phi) is 6.45. The van der Waals surface area contributed by atoms with Crippen LogP contribution in [0.5, 0.6) is 0 Å². The molecule has 0 saturated heterocycles. The van der Waals surface area contributed by atoms with Crippen LogP contribution in [0.2, 0.25) is 0 Å². The third-order valence-corrected chi connectivity index (χ3v) is 3.26. The average Bonchev–Trinajstić information content (AvgIpc) is 2.38. The Balaban J connectivity index is 2.21. The largest absolute Gasteiger partial charge is 0.315 e. The molecule has 1 rings (SSSR count). The van der Waals surface area contributed by atoms with E-state index in [4.69, 9.17) is 0 Å². The van der Waals surface area contributed by atoms with E-state index in [1.54, 1.807) is 12.1 Å². The molecule has 0 bridgehead atoms. The number of likely N-dealkylation sites (N-methyl/N-ethyl adjacent to an activating group) is 1. The number of nitro groups is 1. The molecule has 1 aromatic rings. The summed E-state index contributed by atoms with van der Waals surface area (Å²) in [6.07, 6.45) is 0.892. The molecule has 0 aromatic heterocycles. The smallest absolute Gasteiger partial charge is 0.269 e. The predicted octanol–water partition coefficient (Wildman–Crippen LogP) is 2.07. The van der Waals surface area contributed by atoms with Crippen LogP contribution in [-0.2, 0) is 6.42 Å². The minimum Gasteiger partial charge on any atom is -0.315 e. The fourth-order valence-corrected chi connectivity index (χ4v) is 1.66. The lowest BCUT2D eigenvalue weighted by atomic mass is 10.1. The third kappa shape index (κ3) is 5.81. The number of nitrogens with zero attached hydrogens (tertiary/aromatic N) is 2. The summed E-state index contributed by atoms with van der Waals surface area (Å²) in [6, 6.07) is 7.32. The van der Waals surface area contributed by atoms with Crippen molar-refractivity contribution < 1.29 is 4.92 Å². The number of non-ortho nitro benzene ring substituents is 1. The third-order valence-electron chi connectivity index (χ3n) is 3.26. The molecule has 0 saturated carbocycles. The van der Waals surface area contributed by atoms with Gasteiger partial charge in [-0.3, -0.25) is 10.1 Å². The topological polar surface area (TPSA) is 58.4 Å². The fourth-order valence-electron chi connectivity index (χ4n) is 1.66. The first kappa shape index (κ1) is 15.6. The lowest BCUT2D eigenvalue weighted by Gasteiger charge is -2.20. The van der Waals surface area contributed by atoms with Crippen LogP contribution >= 0.6 is 0 Å². The van der Waals surface area contributed by atoms with E-state index in [0.29, 0.717) is 6.04 Å². The highest BCUT2D eigenvalue weighted by Crippen LogP contribution is 2.11. The van der Waals surface area contributed by atoms with E-state index < -0.39 is 0 Å². The molecule has 1 N–H and O–H groups in total. The van der Waals surface area contributed by atoms with Crippen LogP contribution in [-0.4, -0.2) is 42.5 Å². The summed E-state index contributed by atoms with van der Waals surface area (Å²) in [5.74, 6) is 0. The van der Waals surface area contributed by atoms with E-state index in [2.05, 4.69) is 31.1 Å². The zero-order chi connectivity index (χ0) is 14.3. The van der Waals surface area contributed by atoms with E-state index in [1.165, 1.54) is 0 Å². The summed E-state index contributed by atoms with van der Waals surface area (Å²) in [5, 5.41) is 13.9. The summed E-state index contributed by atoms with van der Waals surface area (Å²) in [6.45, 7) is 7.23. The molecule has 0 radical (unpaired) electrons. The van der Waals surface area contributed by atoms with Gasteiger partial charge in [0.25, 0.3) is 5.69 Å². The summed E-state index contributed by atoms with van der Waals surface area (Å²) >= 11 is 0. The Morgan fingerprint density at radius 1 is 1.26 bits per heavy atom. The molecular weight excluding hydrogens is 242 g/mol. The molecule has 0 amide bonds. The minimum absolute atomic E-state index is 0.148. The van der Waals surface area contributed by atoms with Gasteiger partial charge in [-0.05, 0) is 39.4 Å². The monoisotopic (exact) mass is 265 g/mol. The van der Waals surface area contributed by atoms with E-state index in [-0.39, 0.29) is 10.6 Å². The van der Waals surface area contributed by atoms with Crippen LogP contribution in [0.1, 0.15) is 19.4 Å². The van der Waals surface area contributed by atoms with E-state index in [9.17, 15) is 10.1 Å².